The number of hydrogen-bond donors (Lipinski definition) is 0. The molecule has 2 aliphatic carbocycles. The Morgan fingerprint density at radius 3 is 1.91 bits per heavy atom. The molecule has 0 saturated heterocycles. The summed E-state index contributed by atoms with van der Waals surface area (Å²) in [6.07, 6.45) is 19.0. The molecule has 2 aliphatic rings. The first-order valence-corrected chi connectivity index (χ1v) is 11.9. The van der Waals surface area contributed by atoms with Crippen LogP contribution in [0.2, 0.25) is 0 Å². The molecule has 0 atom stereocenters. The molecule has 3 aromatic carbocycles. The predicted octanol–water partition coefficient (Wildman–Crippen LogP) is 1.82. The van der Waals surface area contributed by atoms with Crippen molar-refractivity contribution in [1.82, 2.24) is 0 Å². The molecule has 1 nitrogen and oxygen atoms in total. The second-order valence-electron chi connectivity index (χ2n) is 7.69. The smallest absolute Gasteiger partial charge is 0.0771 e. The van der Waals surface area contributed by atoms with Gasteiger partial charge in [-0.3, -0.25) is 0 Å². The van der Waals surface area contributed by atoms with Crippen LogP contribution in [0.5, 0.6) is 0 Å². The van der Waals surface area contributed by atoms with Crippen LogP contribution in [0.4, 0.5) is 0 Å². The molecule has 32 heavy (non-hydrogen) atoms. The number of fused-ring (bicyclic) bond motifs is 3. The average molecular weight is 541 g/mol. The largest absolute Gasteiger partial charge is 0.126 e. The summed E-state index contributed by atoms with van der Waals surface area (Å²) in [6, 6.07) is 21.2. The molecule has 1 heterocycles. The Morgan fingerprint density at radius 2 is 1.44 bits per heavy atom. The molecule has 0 unspecified atom stereocenters. The summed E-state index contributed by atoms with van der Waals surface area (Å²) < 4.78 is 6.74. The molecule has 1 aromatic heterocycles. The van der Waals surface area contributed by atoms with E-state index in [9.17, 15) is 0 Å². The minimum atomic E-state index is 0. The Kier molecular flexibility index (Phi) is 11.5. The molecule has 0 aliphatic heterocycles. The predicted molar refractivity (Wildman–Crippen MR) is 124 cm³/mol. The van der Waals surface area contributed by atoms with Crippen molar-refractivity contribution >= 4 is 30.3 Å². The summed E-state index contributed by atoms with van der Waals surface area (Å²) in [5, 5.41) is 5.39. The van der Waals surface area contributed by atoms with Crippen LogP contribution in [0, 0.1) is 6.08 Å². The number of rotatable bonds is 1. The number of allylic oxidation sites excluding steroid dienone is 4. The molecular weight excluding hydrogens is 514 g/mol. The van der Waals surface area contributed by atoms with E-state index in [1.807, 2.05) is 6.07 Å². The molecule has 1 saturated carbocycles. The van der Waals surface area contributed by atoms with Gasteiger partial charge in [-0.2, -0.15) is 17.7 Å². The zero-order chi connectivity index (χ0) is 20.6. The summed E-state index contributed by atoms with van der Waals surface area (Å²) in [5.41, 5.74) is 2.27. The van der Waals surface area contributed by atoms with Gasteiger partial charge in [0.2, 0.25) is 0 Å². The molecule has 1 fully saturated rings. The molecule has 4 aromatic rings. The van der Waals surface area contributed by atoms with E-state index in [4.69, 9.17) is 4.42 Å². The monoisotopic (exact) mass is 538 g/mol. The third-order valence-corrected chi connectivity index (χ3v) is 6.74. The van der Waals surface area contributed by atoms with Gasteiger partial charge in [-0.25, -0.2) is 0 Å². The Hall–Kier alpha value is -1.60. The van der Waals surface area contributed by atoms with Crippen LogP contribution in [0.15, 0.2) is 89.8 Å². The van der Waals surface area contributed by atoms with E-state index in [-0.39, 0.29) is 24.8 Å². The van der Waals surface area contributed by atoms with Crippen molar-refractivity contribution in [2.24, 2.45) is 0 Å². The number of halogens is 2. The number of furan rings is 1. The quantitative estimate of drug-likeness (QED) is 0.336. The average Bonchev–Trinajstić information content (AvgIpc) is 3.55. The van der Waals surface area contributed by atoms with E-state index < -0.39 is 0 Å². The van der Waals surface area contributed by atoms with Crippen molar-refractivity contribution in [3.05, 3.63) is 97.0 Å². The molecule has 4 heteroatoms. The zero-order valence-corrected chi connectivity index (χ0v) is 22.0. The van der Waals surface area contributed by atoms with Gasteiger partial charge in [0.1, 0.15) is 0 Å². The van der Waals surface area contributed by atoms with Crippen molar-refractivity contribution < 1.29 is 53.5 Å². The van der Waals surface area contributed by atoms with Crippen LogP contribution in [0.1, 0.15) is 44.1 Å². The third kappa shape index (κ3) is 7.21. The van der Waals surface area contributed by atoms with Crippen LogP contribution in [-0.2, 0) is 24.2 Å². The number of benzene rings is 2. The van der Waals surface area contributed by atoms with Gasteiger partial charge in [0.25, 0.3) is 0 Å². The fourth-order valence-corrected chi connectivity index (χ4v) is 4.77. The first-order chi connectivity index (χ1) is 14.8. The van der Waals surface area contributed by atoms with Crippen molar-refractivity contribution in [2.45, 2.75) is 38.5 Å². The maximum atomic E-state index is 4.93. The molecule has 0 radical (unpaired) electrons. The van der Waals surface area contributed by atoms with Gasteiger partial charge in [0, 0.05) is 6.26 Å². The van der Waals surface area contributed by atoms with Crippen molar-refractivity contribution in [3.8, 4) is 0 Å². The normalized spacial score (nSPS) is 14.4. The summed E-state index contributed by atoms with van der Waals surface area (Å²) in [4.78, 5) is 0. The number of hydrogen-bond acceptors (Lipinski definition) is 1. The van der Waals surface area contributed by atoms with Gasteiger partial charge in [-0.15, -0.1) is 45.8 Å². The van der Waals surface area contributed by atoms with Crippen LogP contribution < -0.4 is 24.8 Å². The Bertz CT molecular complexity index is 1110. The van der Waals surface area contributed by atoms with Crippen molar-refractivity contribution in [1.29, 1.82) is 0 Å². The minimum Gasteiger partial charge on any atom is -0.126 e. The summed E-state index contributed by atoms with van der Waals surface area (Å²) >= 11 is 1.69. The van der Waals surface area contributed by atoms with E-state index in [0.29, 0.717) is 0 Å². The van der Waals surface area contributed by atoms with Crippen LogP contribution >= 0.6 is 0 Å². The van der Waals surface area contributed by atoms with E-state index in [1.165, 1.54) is 53.6 Å². The topological polar surface area (TPSA) is 13.1 Å². The minimum absolute atomic E-state index is 0. The molecule has 0 amide bonds. The molecule has 0 spiro atoms. The maximum absolute atomic E-state index is 4.93. The van der Waals surface area contributed by atoms with Crippen LogP contribution in [-0.4, -0.2) is 3.21 Å². The van der Waals surface area contributed by atoms with E-state index >= 15 is 0 Å². The second-order valence-corrected chi connectivity index (χ2v) is 9.43. The molecule has 0 bridgehead atoms. The van der Waals surface area contributed by atoms with E-state index in [2.05, 4.69) is 72.8 Å². The maximum Gasteiger partial charge on any atom is -0.0771 e. The zero-order valence-electron chi connectivity index (χ0n) is 18.0. The van der Waals surface area contributed by atoms with Crippen LogP contribution in [0.25, 0.3) is 27.1 Å². The van der Waals surface area contributed by atoms with Crippen molar-refractivity contribution in [2.75, 3.05) is 0 Å². The molecule has 164 valence electrons. The first-order valence-electron chi connectivity index (χ1n) is 10.7. The van der Waals surface area contributed by atoms with E-state index in [0.717, 1.165) is 17.6 Å². The summed E-state index contributed by atoms with van der Waals surface area (Å²) in [5.74, 6) is 0. The van der Waals surface area contributed by atoms with E-state index in [1.54, 1.807) is 40.0 Å². The molecule has 0 N–H and O–H groups in total. The Morgan fingerprint density at radius 1 is 0.812 bits per heavy atom. The Labute approximate surface area is 218 Å². The third-order valence-electron chi connectivity index (χ3n) is 5.51. The van der Waals surface area contributed by atoms with Gasteiger partial charge in [0.15, 0.2) is 0 Å². The SMILES string of the molecule is [C-]1=C(c2ccoc2)C=CC1.[Cl-].[Cl-].[Zr+2]=[C]1CCCCC1.c1ccc2c(c1)[cH-]c1ccccc12. The molecular formula is C28H26Cl2OZr-2. The summed E-state index contributed by atoms with van der Waals surface area (Å²) in [6.45, 7) is 0. The van der Waals surface area contributed by atoms with Gasteiger partial charge >= 0.3 is 59.5 Å². The fraction of sp³-hybridized carbons (Fsp3) is 0.214. The van der Waals surface area contributed by atoms with Gasteiger partial charge < -0.3 is 29.2 Å². The first kappa shape index (κ1) is 26.7. The molecule has 6 rings (SSSR count). The van der Waals surface area contributed by atoms with Crippen molar-refractivity contribution in [3.63, 3.8) is 0 Å². The standard InChI is InChI=1S/C13H9.C9H7O.C6H10.2ClH.Zr/c1-3-7-12-10(5-1)9-11-6-2-4-8-13(11)12;1-2-4-8(3-1)9-5-6-10-7-9;1-2-4-6-5-3-1;;;/h1-9H;1,3,5-7H,2H2;1-5H2;2*1H;/q2*-1;;;;+2/p-2. The van der Waals surface area contributed by atoms with Gasteiger partial charge in [0.05, 0.1) is 6.26 Å². The van der Waals surface area contributed by atoms with Gasteiger partial charge in [-0.05, 0) is 0 Å². The second kappa shape index (κ2) is 13.8. The fourth-order valence-electron chi connectivity index (χ4n) is 3.90. The van der Waals surface area contributed by atoms with Crippen LogP contribution in [0.3, 0.4) is 0 Å². The van der Waals surface area contributed by atoms with Gasteiger partial charge in [-0.1, -0.05) is 54.4 Å². The Balaban J connectivity index is 0.000000173. The summed E-state index contributed by atoms with van der Waals surface area (Å²) in [7, 11) is 0.